The van der Waals surface area contributed by atoms with Crippen LogP contribution >= 0.6 is 11.3 Å². The van der Waals surface area contributed by atoms with Crippen molar-refractivity contribution in [3.05, 3.63) is 71.4 Å². The van der Waals surface area contributed by atoms with Crippen molar-refractivity contribution in [2.24, 2.45) is 0 Å². The molecule has 24 heavy (non-hydrogen) atoms. The Bertz CT molecular complexity index is 1020. The van der Waals surface area contributed by atoms with Crippen molar-refractivity contribution in [3.63, 3.8) is 0 Å². The highest BCUT2D eigenvalue weighted by atomic mass is 32.1. The largest absolute Gasteiger partial charge is 0.616 e. The number of rotatable bonds is 3. The molecule has 0 saturated heterocycles. The highest BCUT2D eigenvalue weighted by Crippen LogP contribution is 2.38. The average Bonchev–Trinajstić information content (AvgIpc) is 3.03. The summed E-state index contributed by atoms with van der Waals surface area (Å²) in [6.07, 6.45) is 2.74. The summed E-state index contributed by atoms with van der Waals surface area (Å²) in [6.45, 7) is 0. The zero-order valence-electron chi connectivity index (χ0n) is 12.2. The van der Waals surface area contributed by atoms with E-state index < -0.39 is 0 Å². The first kappa shape index (κ1) is 14.5. The molecule has 0 aliphatic carbocycles. The van der Waals surface area contributed by atoms with E-state index in [1.807, 2.05) is 5.38 Å². The second kappa shape index (κ2) is 5.86. The molecule has 118 valence electrons. The molecule has 0 N–H and O–H groups in total. The predicted molar refractivity (Wildman–Crippen MR) is 88.3 cm³/mol. The molecule has 0 unspecified atom stereocenters. The fourth-order valence-electron chi connectivity index (χ4n) is 2.36. The second-order valence-corrected chi connectivity index (χ2v) is 5.84. The van der Waals surface area contributed by atoms with E-state index in [1.165, 1.54) is 36.0 Å². The van der Waals surface area contributed by atoms with Gasteiger partial charge in [-0.05, 0) is 23.8 Å². The fraction of sp³-hybridized carbons (Fsp3) is 0. The number of pyridine rings is 1. The zero-order chi connectivity index (χ0) is 16.5. The number of hydrogen-bond donors (Lipinski definition) is 0. The molecule has 0 aliphatic heterocycles. The maximum absolute atomic E-state index is 13.2. The predicted octanol–water partition coefficient (Wildman–Crippen LogP) is 3.92. The number of halogens is 1. The first-order chi connectivity index (χ1) is 11.7. The van der Waals surface area contributed by atoms with Gasteiger partial charge < -0.3 is 9.94 Å². The normalized spacial score (nSPS) is 10.9. The van der Waals surface area contributed by atoms with Gasteiger partial charge >= 0.3 is 5.88 Å². The topological polar surface area (TPSA) is 62.0 Å². The van der Waals surface area contributed by atoms with Gasteiger partial charge in [0, 0.05) is 17.0 Å². The first-order valence-electron chi connectivity index (χ1n) is 7.06. The number of nitrogens with zero attached hydrogens (tertiary/aromatic N) is 3. The fourth-order valence-corrected chi connectivity index (χ4v) is 3.26. The molecule has 3 heterocycles. The summed E-state index contributed by atoms with van der Waals surface area (Å²) in [5, 5.41) is 14.4. The molecule has 0 radical (unpaired) electrons. The van der Waals surface area contributed by atoms with Crippen molar-refractivity contribution in [1.29, 1.82) is 0 Å². The Morgan fingerprint density at radius 2 is 1.92 bits per heavy atom. The van der Waals surface area contributed by atoms with E-state index in [1.54, 1.807) is 30.3 Å². The molecule has 0 aliphatic rings. The van der Waals surface area contributed by atoms with Gasteiger partial charge in [0.25, 0.3) is 0 Å². The van der Waals surface area contributed by atoms with Crippen molar-refractivity contribution in [1.82, 2.24) is 9.97 Å². The molecule has 0 bridgehead atoms. The van der Waals surface area contributed by atoms with Gasteiger partial charge in [-0.3, -0.25) is 0 Å². The van der Waals surface area contributed by atoms with Crippen molar-refractivity contribution in [3.8, 4) is 22.9 Å². The molecule has 0 amide bonds. The van der Waals surface area contributed by atoms with Gasteiger partial charge in [0.05, 0.1) is 11.5 Å². The molecule has 4 rings (SSSR count). The van der Waals surface area contributed by atoms with Crippen molar-refractivity contribution in [2.75, 3.05) is 0 Å². The molecule has 0 spiro atoms. The highest BCUT2D eigenvalue weighted by Gasteiger charge is 2.17. The van der Waals surface area contributed by atoms with Crippen LogP contribution in [0.1, 0.15) is 0 Å². The van der Waals surface area contributed by atoms with E-state index >= 15 is 0 Å². The number of hydrogen-bond acceptors (Lipinski definition) is 5. The van der Waals surface area contributed by atoms with Gasteiger partial charge in [-0.1, -0.05) is 12.1 Å². The maximum Gasteiger partial charge on any atom is 0.386 e. The maximum atomic E-state index is 13.2. The molecule has 1 aromatic carbocycles. The van der Waals surface area contributed by atoms with Crippen LogP contribution in [0.4, 0.5) is 4.39 Å². The third-order valence-electron chi connectivity index (χ3n) is 3.48. The van der Waals surface area contributed by atoms with Gasteiger partial charge in [-0.2, -0.15) is 0 Å². The van der Waals surface area contributed by atoms with Crippen LogP contribution in [0.2, 0.25) is 0 Å². The van der Waals surface area contributed by atoms with Crippen LogP contribution < -0.4 is 9.47 Å². The molecular formula is C17H10FN3O2S. The van der Waals surface area contributed by atoms with Crippen LogP contribution in [0.3, 0.4) is 0 Å². The van der Waals surface area contributed by atoms with Crippen LogP contribution in [-0.2, 0) is 0 Å². The molecule has 5 nitrogen and oxygen atoms in total. The summed E-state index contributed by atoms with van der Waals surface area (Å²) in [5.74, 6) is 0.104. The summed E-state index contributed by atoms with van der Waals surface area (Å²) in [7, 11) is 0. The summed E-state index contributed by atoms with van der Waals surface area (Å²) < 4.78 is 19.5. The monoisotopic (exact) mass is 339 g/mol. The number of thiophene rings is 1. The standard InChI is InChI=1S/C17H10FN3O2S/c18-12-6-4-11(5-7-12)13-9-24-17-15(13)16(19-10-20-17)23-14-3-1-2-8-21(14)22/h1-10H. The van der Waals surface area contributed by atoms with E-state index in [9.17, 15) is 9.60 Å². The van der Waals surface area contributed by atoms with Gasteiger partial charge in [0.2, 0.25) is 5.88 Å². The Kier molecular flexibility index (Phi) is 3.55. The van der Waals surface area contributed by atoms with Gasteiger partial charge in [0.15, 0.2) is 6.20 Å². The van der Waals surface area contributed by atoms with Crippen LogP contribution in [-0.4, -0.2) is 9.97 Å². The first-order valence-corrected chi connectivity index (χ1v) is 7.94. The molecular weight excluding hydrogens is 329 g/mol. The molecule has 0 saturated carbocycles. The van der Waals surface area contributed by atoms with E-state index in [0.717, 1.165) is 16.0 Å². The Balaban J connectivity index is 1.86. The van der Waals surface area contributed by atoms with E-state index in [-0.39, 0.29) is 17.6 Å². The summed E-state index contributed by atoms with van der Waals surface area (Å²) in [5.41, 5.74) is 1.66. The highest BCUT2D eigenvalue weighted by molar-refractivity contribution is 7.17. The molecule has 7 heteroatoms. The third-order valence-corrected chi connectivity index (χ3v) is 4.37. The lowest BCUT2D eigenvalue weighted by Gasteiger charge is -2.07. The smallest absolute Gasteiger partial charge is 0.386 e. The van der Waals surface area contributed by atoms with Crippen LogP contribution in [0.5, 0.6) is 11.8 Å². The van der Waals surface area contributed by atoms with Crippen LogP contribution in [0, 0.1) is 11.0 Å². The SMILES string of the molecule is [O-][n+]1ccccc1Oc1ncnc2scc(-c3ccc(F)cc3)c12. The average molecular weight is 339 g/mol. The number of fused-ring (bicyclic) bond motifs is 1. The van der Waals surface area contributed by atoms with E-state index in [0.29, 0.717) is 10.1 Å². The minimum Gasteiger partial charge on any atom is -0.616 e. The van der Waals surface area contributed by atoms with Gasteiger partial charge in [0.1, 0.15) is 17.0 Å². The summed E-state index contributed by atoms with van der Waals surface area (Å²) in [6, 6.07) is 11.0. The molecule has 0 fully saturated rings. The second-order valence-electron chi connectivity index (χ2n) is 4.98. The van der Waals surface area contributed by atoms with Crippen molar-refractivity contribution in [2.45, 2.75) is 0 Å². The van der Waals surface area contributed by atoms with E-state index in [4.69, 9.17) is 4.74 Å². The number of benzene rings is 1. The van der Waals surface area contributed by atoms with Gasteiger partial charge in [-0.15, -0.1) is 16.1 Å². The Morgan fingerprint density at radius 3 is 2.71 bits per heavy atom. The quantitative estimate of drug-likeness (QED) is 0.419. The Hall–Kier alpha value is -3.06. The molecule has 4 aromatic rings. The molecule has 0 atom stereocenters. The van der Waals surface area contributed by atoms with Crippen molar-refractivity contribution >= 4 is 21.6 Å². The molecule has 3 aromatic heterocycles. The summed E-state index contributed by atoms with van der Waals surface area (Å²) in [4.78, 5) is 9.13. The lowest BCUT2D eigenvalue weighted by atomic mass is 10.1. The summed E-state index contributed by atoms with van der Waals surface area (Å²) >= 11 is 1.43. The van der Waals surface area contributed by atoms with Crippen LogP contribution in [0.15, 0.2) is 60.4 Å². The van der Waals surface area contributed by atoms with Crippen LogP contribution in [0.25, 0.3) is 21.3 Å². The zero-order valence-corrected chi connectivity index (χ0v) is 13.0. The minimum absolute atomic E-state index is 0.119. The van der Waals surface area contributed by atoms with E-state index in [2.05, 4.69) is 9.97 Å². The van der Waals surface area contributed by atoms with Gasteiger partial charge in [-0.25, -0.2) is 14.4 Å². The Labute approximate surface area is 140 Å². The Morgan fingerprint density at radius 1 is 1.08 bits per heavy atom. The number of aromatic nitrogens is 3. The third kappa shape index (κ3) is 2.55. The lowest BCUT2D eigenvalue weighted by Crippen LogP contribution is -2.26. The minimum atomic E-state index is -0.303. The van der Waals surface area contributed by atoms with Crippen molar-refractivity contribution < 1.29 is 13.9 Å². The lowest BCUT2D eigenvalue weighted by molar-refractivity contribution is -0.611. The number of ether oxygens (including phenoxy) is 1.